The second kappa shape index (κ2) is 6.80. The van der Waals surface area contributed by atoms with E-state index in [1.54, 1.807) is 6.08 Å². The average Bonchev–Trinajstić information content (AvgIpc) is 2.59. The molecule has 1 heterocycles. The summed E-state index contributed by atoms with van der Waals surface area (Å²) in [5.74, 6) is 1.31. The van der Waals surface area contributed by atoms with Crippen molar-refractivity contribution >= 4 is 12.0 Å². The Kier molecular flexibility index (Phi) is 4.39. The van der Waals surface area contributed by atoms with Crippen molar-refractivity contribution in [1.29, 1.82) is 0 Å². The monoisotopic (exact) mass is 295 g/mol. The maximum absolute atomic E-state index is 11.8. The van der Waals surface area contributed by atoms with Crippen LogP contribution in [0.4, 0.5) is 0 Å². The van der Waals surface area contributed by atoms with Gasteiger partial charge in [0.15, 0.2) is 11.5 Å². The number of amides is 1. The zero-order chi connectivity index (χ0) is 15.2. The largest absolute Gasteiger partial charge is 0.486 e. The molecule has 2 aromatic carbocycles. The SMILES string of the molecule is O=C(/C=C\c1ccccc1)NC[C@H]1COc2ccccc2O1. The first-order valence-corrected chi connectivity index (χ1v) is 7.21. The summed E-state index contributed by atoms with van der Waals surface area (Å²) < 4.78 is 11.4. The van der Waals surface area contributed by atoms with Crippen LogP contribution < -0.4 is 14.8 Å². The zero-order valence-electron chi connectivity index (χ0n) is 12.1. The van der Waals surface area contributed by atoms with Crippen molar-refractivity contribution in [1.82, 2.24) is 5.32 Å². The van der Waals surface area contributed by atoms with Gasteiger partial charge in [-0.1, -0.05) is 42.5 Å². The number of ether oxygens (including phenoxy) is 2. The summed E-state index contributed by atoms with van der Waals surface area (Å²) in [4.78, 5) is 11.8. The lowest BCUT2D eigenvalue weighted by molar-refractivity contribution is -0.116. The smallest absolute Gasteiger partial charge is 0.244 e. The van der Waals surface area contributed by atoms with Crippen LogP contribution >= 0.6 is 0 Å². The Morgan fingerprint density at radius 2 is 1.82 bits per heavy atom. The normalized spacial score (nSPS) is 16.5. The highest BCUT2D eigenvalue weighted by Gasteiger charge is 2.20. The number of hydrogen-bond acceptors (Lipinski definition) is 3. The van der Waals surface area contributed by atoms with Crippen molar-refractivity contribution < 1.29 is 14.3 Å². The predicted octanol–water partition coefficient (Wildman–Crippen LogP) is 2.66. The fourth-order valence-electron chi connectivity index (χ4n) is 2.17. The number of fused-ring (bicyclic) bond motifs is 1. The Balaban J connectivity index is 1.49. The Morgan fingerprint density at radius 1 is 1.09 bits per heavy atom. The second-order valence-electron chi connectivity index (χ2n) is 4.99. The van der Waals surface area contributed by atoms with Crippen molar-refractivity contribution in [3.8, 4) is 11.5 Å². The first-order chi connectivity index (χ1) is 10.8. The van der Waals surface area contributed by atoms with Crippen molar-refractivity contribution in [3.63, 3.8) is 0 Å². The molecule has 0 fully saturated rings. The predicted molar refractivity (Wildman–Crippen MR) is 84.8 cm³/mol. The second-order valence-corrected chi connectivity index (χ2v) is 4.99. The van der Waals surface area contributed by atoms with E-state index in [0.717, 1.165) is 11.3 Å². The third-order valence-electron chi connectivity index (χ3n) is 3.30. The number of carbonyl (C=O) groups is 1. The Labute approximate surface area is 129 Å². The number of rotatable bonds is 4. The summed E-state index contributed by atoms with van der Waals surface area (Å²) in [7, 11) is 0. The summed E-state index contributed by atoms with van der Waals surface area (Å²) in [5.41, 5.74) is 0.990. The summed E-state index contributed by atoms with van der Waals surface area (Å²) in [6.45, 7) is 0.839. The van der Waals surface area contributed by atoms with Gasteiger partial charge in [-0.2, -0.15) is 0 Å². The van der Waals surface area contributed by atoms with E-state index in [1.807, 2.05) is 54.6 Å². The van der Waals surface area contributed by atoms with Gasteiger partial charge < -0.3 is 14.8 Å². The Hall–Kier alpha value is -2.75. The van der Waals surface area contributed by atoms with Gasteiger partial charge in [-0.25, -0.2) is 0 Å². The first-order valence-electron chi connectivity index (χ1n) is 7.21. The minimum absolute atomic E-state index is 0.147. The zero-order valence-corrected chi connectivity index (χ0v) is 12.1. The molecule has 0 bridgehead atoms. The number of para-hydroxylation sites is 2. The lowest BCUT2D eigenvalue weighted by Gasteiger charge is -2.26. The topological polar surface area (TPSA) is 47.6 Å². The van der Waals surface area contributed by atoms with E-state index >= 15 is 0 Å². The van der Waals surface area contributed by atoms with E-state index in [2.05, 4.69) is 5.32 Å². The molecule has 1 N–H and O–H groups in total. The van der Waals surface area contributed by atoms with Gasteiger partial charge in [0.1, 0.15) is 12.7 Å². The third kappa shape index (κ3) is 3.67. The molecular weight excluding hydrogens is 278 g/mol. The van der Waals surface area contributed by atoms with Gasteiger partial charge in [-0.05, 0) is 23.8 Å². The molecule has 0 spiro atoms. The van der Waals surface area contributed by atoms with Crippen LogP contribution in [-0.2, 0) is 4.79 Å². The van der Waals surface area contributed by atoms with Gasteiger partial charge in [0.25, 0.3) is 0 Å². The van der Waals surface area contributed by atoms with Crippen molar-refractivity contribution in [2.75, 3.05) is 13.2 Å². The van der Waals surface area contributed by atoms with Gasteiger partial charge in [-0.15, -0.1) is 0 Å². The van der Waals surface area contributed by atoms with E-state index < -0.39 is 0 Å². The van der Waals surface area contributed by atoms with Crippen LogP contribution in [0.2, 0.25) is 0 Å². The van der Waals surface area contributed by atoms with Gasteiger partial charge in [-0.3, -0.25) is 4.79 Å². The van der Waals surface area contributed by atoms with Gasteiger partial charge in [0, 0.05) is 6.08 Å². The quantitative estimate of drug-likeness (QED) is 0.882. The molecule has 0 saturated carbocycles. The molecule has 22 heavy (non-hydrogen) atoms. The summed E-state index contributed by atoms with van der Waals surface area (Å²) in [6.07, 6.45) is 3.12. The van der Waals surface area contributed by atoms with E-state index in [9.17, 15) is 4.79 Å². The lowest BCUT2D eigenvalue weighted by Crippen LogP contribution is -2.40. The van der Waals surface area contributed by atoms with Crippen LogP contribution in [0.25, 0.3) is 6.08 Å². The van der Waals surface area contributed by atoms with Crippen LogP contribution in [0.5, 0.6) is 11.5 Å². The van der Waals surface area contributed by atoms with Gasteiger partial charge in [0.2, 0.25) is 5.91 Å². The van der Waals surface area contributed by atoms with E-state index in [-0.39, 0.29) is 12.0 Å². The van der Waals surface area contributed by atoms with E-state index in [4.69, 9.17) is 9.47 Å². The minimum atomic E-state index is -0.177. The lowest BCUT2D eigenvalue weighted by atomic mass is 10.2. The van der Waals surface area contributed by atoms with Crippen molar-refractivity contribution in [2.45, 2.75) is 6.10 Å². The highest BCUT2D eigenvalue weighted by molar-refractivity contribution is 5.91. The molecule has 0 unspecified atom stereocenters. The molecule has 0 aromatic heterocycles. The molecule has 1 atom stereocenters. The highest BCUT2D eigenvalue weighted by atomic mass is 16.6. The maximum Gasteiger partial charge on any atom is 0.244 e. The van der Waals surface area contributed by atoms with Crippen LogP contribution in [0.15, 0.2) is 60.7 Å². The number of benzene rings is 2. The molecular formula is C18H17NO3. The van der Waals surface area contributed by atoms with Crippen molar-refractivity contribution in [3.05, 3.63) is 66.2 Å². The maximum atomic E-state index is 11.8. The molecule has 0 saturated heterocycles. The molecule has 1 amide bonds. The fourth-order valence-corrected chi connectivity index (χ4v) is 2.17. The van der Waals surface area contributed by atoms with Crippen LogP contribution in [0, 0.1) is 0 Å². The number of carbonyl (C=O) groups excluding carboxylic acids is 1. The molecule has 4 nitrogen and oxygen atoms in total. The third-order valence-corrected chi connectivity index (χ3v) is 3.30. The number of hydrogen-bond donors (Lipinski definition) is 1. The van der Waals surface area contributed by atoms with Crippen LogP contribution in [0.3, 0.4) is 0 Å². The molecule has 4 heteroatoms. The summed E-state index contributed by atoms with van der Waals surface area (Å²) in [6, 6.07) is 17.2. The standard InChI is InChI=1S/C18H17NO3/c20-18(11-10-14-6-2-1-3-7-14)19-12-15-13-21-16-8-4-5-9-17(16)22-15/h1-11,15H,12-13H2,(H,19,20)/b11-10-/t15-/m0/s1. The Bertz CT molecular complexity index is 667. The first kappa shape index (κ1) is 14.2. The Morgan fingerprint density at radius 3 is 2.64 bits per heavy atom. The summed E-state index contributed by atoms with van der Waals surface area (Å²) >= 11 is 0. The molecule has 2 aromatic rings. The fraction of sp³-hybridized carbons (Fsp3) is 0.167. The molecule has 1 aliphatic rings. The molecule has 3 rings (SSSR count). The van der Waals surface area contributed by atoms with Gasteiger partial charge >= 0.3 is 0 Å². The van der Waals surface area contributed by atoms with Crippen molar-refractivity contribution in [2.24, 2.45) is 0 Å². The average molecular weight is 295 g/mol. The van der Waals surface area contributed by atoms with Gasteiger partial charge in [0.05, 0.1) is 6.54 Å². The van der Waals surface area contributed by atoms with Crippen LogP contribution in [-0.4, -0.2) is 25.2 Å². The van der Waals surface area contributed by atoms with Crippen LogP contribution in [0.1, 0.15) is 5.56 Å². The van der Waals surface area contributed by atoms with E-state index in [0.29, 0.717) is 18.9 Å². The minimum Gasteiger partial charge on any atom is -0.486 e. The molecule has 0 aliphatic carbocycles. The molecule has 112 valence electrons. The highest BCUT2D eigenvalue weighted by Crippen LogP contribution is 2.30. The molecule has 0 radical (unpaired) electrons. The molecule has 1 aliphatic heterocycles. The number of nitrogens with one attached hydrogen (secondary N) is 1. The summed E-state index contributed by atoms with van der Waals surface area (Å²) in [5, 5.41) is 2.82. The van der Waals surface area contributed by atoms with E-state index in [1.165, 1.54) is 6.08 Å².